The smallest absolute Gasteiger partial charge is 0.255 e. The minimum Gasteiger partial charge on any atom is -0.322 e. The number of nitrogens with zero attached hydrogens (tertiary/aromatic N) is 2. The molecule has 0 fully saturated rings. The number of pyridine rings is 1. The normalized spacial score (nSPS) is 13.8. The Labute approximate surface area is 170 Å². The van der Waals surface area contributed by atoms with E-state index in [0.29, 0.717) is 5.56 Å². The van der Waals surface area contributed by atoms with Gasteiger partial charge in [-0.25, -0.2) is 0 Å². The van der Waals surface area contributed by atoms with Crippen molar-refractivity contribution >= 4 is 23.4 Å². The first-order valence-electron chi connectivity index (χ1n) is 9.40. The van der Waals surface area contributed by atoms with E-state index in [2.05, 4.69) is 51.8 Å². The second-order valence-electron chi connectivity index (χ2n) is 6.95. The molecular formula is C23H23N3OS. The number of anilines is 1. The lowest BCUT2D eigenvalue weighted by Gasteiger charge is -2.30. The Hall–Kier alpha value is -2.63. The number of thioether (sulfide) groups is 1. The quantitative estimate of drug-likeness (QED) is 0.647. The standard InChI is InChI=1S/C23H23N3OS/c1-28-20-6-2-4-17(14-20)15-26-13-10-21-19(16-26)5-3-7-22(21)25-23(27)18-8-11-24-12-9-18/h2-9,11-12,14H,10,13,15-16H2,1H3,(H,25,27). The fourth-order valence-corrected chi connectivity index (χ4v) is 4.13. The first-order valence-corrected chi connectivity index (χ1v) is 10.6. The number of aromatic nitrogens is 1. The summed E-state index contributed by atoms with van der Waals surface area (Å²) in [5, 5.41) is 3.08. The first kappa shape index (κ1) is 18.7. The number of rotatable bonds is 5. The average molecular weight is 390 g/mol. The van der Waals surface area contributed by atoms with E-state index >= 15 is 0 Å². The van der Waals surface area contributed by atoms with Crippen molar-refractivity contribution in [3.63, 3.8) is 0 Å². The zero-order valence-electron chi connectivity index (χ0n) is 15.9. The molecule has 2 heterocycles. The molecule has 142 valence electrons. The van der Waals surface area contributed by atoms with Crippen molar-refractivity contribution in [1.29, 1.82) is 0 Å². The van der Waals surface area contributed by atoms with Crippen molar-refractivity contribution in [3.05, 3.63) is 89.2 Å². The van der Waals surface area contributed by atoms with Gasteiger partial charge in [-0.15, -0.1) is 11.8 Å². The molecule has 0 saturated carbocycles. The van der Waals surface area contributed by atoms with Gasteiger partial charge in [0.1, 0.15) is 0 Å². The second kappa shape index (κ2) is 8.59. The van der Waals surface area contributed by atoms with Gasteiger partial charge in [-0.3, -0.25) is 14.7 Å². The Bertz CT molecular complexity index is 975. The van der Waals surface area contributed by atoms with Crippen LogP contribution in [-0.4, -0.2) is 28.6 Å². The van der Waals surface area contributed by atoms with Gasteiger partial charge >= 0.3 is 0 Å². The van der Waals surface area contributed by atoms with Crippen LogP contribution in [0.15, 0.2) is 71.9 Å². The van der Waals surface area contributed by atoms with Gasteiger partial charge in [0.2, 0.25) is 0 Å². The molecule has 1 aliphatic rings. The fraction of sp³-hybridized carbons (Fsp3) is 0.217. The maximum Gasteiger partial charge on any atom is 0.255 e. The highest BCUT2D eigenvalue weighted by Crippen LogP contribution is 2.28. The molecule has 0 unspecified atom stereocenters. The summed E-state index contributed by atoms with van der Waals surface area (Å²) in [6.07, 6.45) is 6.32. The number of fused-ring (bicyclic) bond motifs is 1. The summed E-state index contributed by atoms with van der Waals surface area (Å²) in [6, 6.07) is 18.4. The molecule has 28 heavy (non-hydrogen) atoms. The van der Waals surface area contributed by atoms with Crippen molar-refractivity contribution in [3.8, 4) is 0 Å². The highest BCUT2D eigenvalue weighted by atomic mass is 32.2. The van der Waals surface area contributed by atoms with Crippen molar-refractivity contribution in [1.82, 2.24) is 9.88 Å². The minimum atomic E-state index is -0.0906. The van der Waals surface area contributed by atoms with Gasteiger partial charge in [-0.2, -0.15) is 0 Å². The Morgan fingerprint density at radius 2 is 1.96 bits per heavy atom. The van der Waals surface area contributed by atoms with E-state index in [1.165, 1.54) is 21.6 Å². The van der Waals surface area contributed by atoms with Crippen LogP contribution in [0, 0.1) is 0 Å². The Morgan fingerprint density at radius 1 is 1.14 bits per heavy atom. The molecule has 0 bridgehead atoms. The Balaban J connectivity index is 1.48. The maximum atomic E-state index is 12.5. The number of amides is 1. The van der Waals surface area contributed by atoms with Gasteiger partial charge in [0, 0.05) is 48.2 Å². The zero-order chi connectivity index (χ0) is 19.3. The monoisotopic (exact) mass is 389 g/mol. The van der Waals surface area contributed by atoms with Crippen LogP contribution in [0.1, 0.15) is 27.0 Å². The van der Waals surface area contributed by atoms with E-state index in [1.54, 1.807) is 36.3 Å². The summed E-state index contributed by atoms with van der Waals surface area (Å²) in [5.74, 6) is -0.0906. The van der Waals surface area contributed by atoms with Crippen molar-refractivity contribution in [2.24, 2.45) is 0 Å². The summed E-state index contributed by atoms with van der Waals surface area (Å²) >= 11 is 1.78. The summed E-state index contributed by atoms with van der Waals surface area (Å²) in [4.78, 5) is 20.3. The van der Waals surface area contributed by atoms with E-state index in [1.807, 2.05) is 12.1 Å². The molecule has 1 amide bonds. The molecule has 1 aromatic heterocycles. The topological polar surface area (TPSA) is 45.2 Å². The van der Waals surface area contributed by atoms with Crippen LogP contribution < -0.4 is 5.32 Å². The van der Waals surface area contributed by atoms with E-state index in [4.69, 9.17) is 0 Å². The molecule has 5 heteroatoms. The minimum absolute atomic E-state index is 0.0906. The molecule has 0 spiro atoms. The number of carbonyl (C=O) groups excluding carboxylic acids is 1. The van der Waals surface area contributed by atoms with Gasteiger partial charge in [-0.05, 0) is 59.7 Å². The van der Waals surface area contributed by atoms with Crippen LogP contribution in [0.3, 0.4) is 0 Å². The second-order valence-corrected chi connectivity index (χ2v) is 7.83. The highest BCUT2D eigenvalue weighted by molar-refractivity contribution is 7.98. The van der Waals surface area contributed by atoms with Gasteiger partial charge in [0.15, 0.2) is 0 Å². The third-order valence-electron chi connectivity index (χ3n) is 5.08. The number of hydrogen-bond donors (Lipinski definition) is 1. The van der Waals surface area contributed by atoms with Gasteiger partial charge in [0.05, 0.1) is 0 Å². The first-order chi connectivity index (χ1) is 13.7. The summed E-state index contributed by atoms with van der Waals surface area (Å²) in [7, 11) is 0. The molecule has 4 rings (SSSR count). The average Bonchev–Trinajstić information content (AvgIpc) is 2.74. The molecule has 0 saturated heterocycles. The number of carbonyl (C=O) groups is 1. The molecule has 0 aliphatic carbocycles. The number of nitrogens with one attached hydrogen (secondary N) is 1. The largest absolute Gasteiger partial charge is 0.322 e. The van der Waals surface area contributed by atoms with E-state index in [0.717, 1.165) is 31.7 Å². The molecule has 1 aliphatic heterocycles. The third-order valence-corrected chi connectivity index (χ3v) is 5.80. The Kier molecular flexibility index (Phi) is 5.74. The maximum absolute atomic E-state index is 12.5. The number of benzene rings is 2. The summed E-state index contributed by atoms with van der Waals surface area (Å²) < 4.78 is 0. The lowest BCUT2D eigenvalue weighted by atomic mass is 9.97. The van der Waals surface area contributed by atoms with Crippen LogP contribution in [0.5, 0.6) is 0 Å². The SMILES string of the molecule is CSc1cccc(CN2CCc3c(cccc3NC(=O)c3ccncc3)C2)c1. The van der Waals surface area contributed by atoms with Crippen LogP contribution >= 0.6 is 11.8 Å². The van der Waals surface area contributed by atoms with Crippen LogP contribution in [0.4, 0.5) is 5.69 Å². The summed E-state index contributed by atoms with van der Waals surface area (Å²) in [6.45, 7) is 2.83. The van der Waals surface area contributed by atoms with Gasteiger partial charge in [-0.1, -0.05) is 24.3 Å². The van der Waals surface area contributed by atoms with Crippen LogP contribution in [0.2, 0.25) is 0 Å². The van der Waals surface area contributed by atoms with Crippen molar-refractivity contribution in [2.45, 2.75) is 24.4 Å². The zero-order valence-corrected chi connectivity index (χ0v) is 16.7. The fourth-order valence-electron chi connectivity index (χ4n) is 3.65. The van der Waals surface area contributed by atoms with Crippen LogP contribution in [-0.2, 0) is 19.5 Å². The molecule has 4 nitrogen and oxygen atoms in total. The molecule has 1 N–H and O–H groups in total. The van der Waals surface area contributed by atoms with Gasteiger partial charge in [0.25, 0.3) is 5.91 Å². The third kappa shape index (κ3) is 4.26. The number of hydrogen-bond acceptors (Lipinski definition) is 4. The van der Waals surface area contributed by atoms with Crippen molar-refractivity contribution in [2.75, 3.05) is 18.1 Å². The Morgan fingerprint density at radius 3 is 2.79 bits per heavy atom. The molecule has 0 radical (unpaired) electrons. The molecule has 3 aromatic rings. The van der Waals surface area contributed by atoms with E-state index in [-0.39, 0.29) is 5.91 Å². The molecule has 2 aromatic carbocycles. The van der Waals surface area contributed by atoms with Crippen LogP contribution in [0.25, 0.3) is 0 Å². The van der Waals surface area contributed by atoms with E-state index in [9.17, 15) is 4.79 Å². The van der Waals surface area contributed by atoms with Crippen molar-refractivity contribution < 1.29 is 4.79 Å². The lowest BCUT2D eigenvalue weighted by molar-refractivity contribution is 0.102. The van der Waals surface area contributed by atoms with Gasteiger partial charge < -0.3 is 5.32 Å². The highest BCUT2D eigenvalue weighted by Gasteiger charge is 2.20. The molecule has 0 atom stereocenters. The summed E-state index contributed by atoms with van der Waals surface area (Å²) in [5.41, 5.74) is 5.43. The molecular weight excluding hydrogens is 366 g/mol. The predicted octanol–water partition coefficient (Wildman–Crippen LogP) is 4.61. The lowest BCUT2D eigenvalue weighted by Crippen LogP contribution is -2.30. The predicted molar refractivity (Wildman–Crippen MR) is 115 cm³/mol. The van der Waals surface area contributed by atoms with E-state index < -0.39 is 0 Å².